The van der Waals surface area contributed by atoms with Gasteiger partial charge in [0.05, 0.1) is 12.0 Å². The van der Waals surface area contributed by atoms with Gasteiger partial charge in [-0.15, -0.1) is 0 Å². The molecule has 6 nitrogen and oxygen atoms in total. The minimum Gasteiger partial charge on any atom is -0.481 e. The first kappa shape index (κ1) is 15.1. The van der Waals surface area contributed by atoms with Crippen LogP contribution in [0.3, 0.4) is 0 Å². The number of rotatable bonds is 4. The molecular formula is C16H22N2O4. The van der Waals surface area contributed by atoms with Crippen molar-refractivity contribution < 1.29 is 19.2 Å². The molecule has 0 aliphatic heterocycles. The number of nitrogens with zero attached hydrogens (tertiary/aromatic N) is 1. The number of carbonyl (C=O) groups is 2. The molecule has 2 N–H and O–H groups in total. The zero-order chi connectivity index (χ0) is 15.6. The molecule has 6 heteroatoms. The molecular weight excluding hydrogens is 284 g/mol. The molecule has 1 amide bonds. The van der Waals surface area contributed by atoms with Crippen LogP contribution in [0, 0.1) is 0 Å². The summed E-state index contributed by atoms with van der Waals surface area (Å²) in [6.45, 7) is 0. The van der Waals surface area contributed by atoms with Crippen molar-refractivity contribution in [2.45, 2.75) is 69.7 Å². The number of aromatic nitrogens is 1. The Balaban J connectivity index is 1.79. The average molecular weight is 306 g/mol. The minimum absolute atomic E-state index is 0.0290. The maximum atomic E-state index is 12.6. The molecule has 0 radical (unpaired) electrons. The van der Waals surface area contributed by atoms with Gasteiger partial charge in [0.2, 0.25) is 0 Å². The van der Waals surface area contributed by atoms with Crippen LogP contribution in [-0.4, -0.2) is 27.7 Å². The molecule has 1 heterocycles. The van der Waals surface area contributed by atoms with Crippen molar-refractivity contribution in [3.05, 3.63) is 17.0 Å². The van der Waals surface area contributed by atoms with Gasteiger partial charge in [-0.3, -0.25) is 9.59 Å². The van der Waals surface area contributed by atoms with Gasteiger partial charge in [0.1, 0.15) is 5.76 Å². The predicted octanol–water partition coefficient (Wildman–Crippen LogP) is 2.46. The van der Waals surface area contributed by atoms with E-state index in [1.165, 1.54) is 0 Å². The number of carboxylic acid groups (broad SMARTS) is 1. The van der Waals surface area contributed by atoms with Crippen molar-refractivity contribution in [2.75, 3.05) is 0 Å². The summed E-state index contributed by atoms with van der Waals surface area (Å²) in [5.74, 6) is -0.336. The summed E-state index contributed by atoms with van der Waals surface area (Å²) in [6, 6.07) is 0. The van der Waals surface area contributed by atoms with Crippen LogP contribution in [0.1, 0.15) is 73.2 Å². The second-order valence-electron chi connectivity index (χ2n) is 6.51. The zero-order valence-corrected chi connectivity index (χ0v) is 12.7. The van der Waals surface area contributed by atoms with Gasteiger partial charge in [-0.2, -0.15) is 0 Å². The maximum absolute atomic E-state index is 12.6. The van der Waals surface area contributed by atoms with Gasteiger partial charge < -0.3 is 14.9 Å². The summed E-state index contributed by atoms with van der Waals surface area (Å²) < 4.78 is 5.34. The van der Waals surface area contributed by atoms with E-state index in [0.29, 0.717) is 18.5 Å². The van der Waals surface area contributed by atoms with Gasteiger partial charge in [0, 0.05) is 12.0 Å². The Morgan fingerprint density at radius 3 is 2.59 bits per heavy atom. The Morgan fingerprint density at radius 1 is 1.14 bits per heavy atom. The van der Waals surface area contributed by atoms with E-state index in [0.717, 1.165) is 56.3 Å². The average Bonchev–Trinajstić information content (AvgIpc) is 3.00. The number of hydrogen-bond donors (Lipinski definition) is 2. The number of aliphatic carboxylic acids is 1. The third kappa shape index (κ3) is 3.00. The van der Waals surface area contributed by atoms with E-state index in [1.54, 1.807) is 0 Å². The number of fused-ring (bicyclic) bond motifs is 1. The summed E-state index contributed by atoms with van der Waals surface area (Å²) in [4.78, 5) is 23.7. The summed E-state index contributed by atoms with van der Waals surface area (Å²) in [6.07, 6.45) is 8.17. The van der Waals surface area contributed by atoms with E-state index >= 15 is 0 Å². The standard InChI is InChI=1S/C16H22N2O4/c19-13(20)10-16(8-4-5-9-16)17-15(21)14-11-6-2-1-3-7-12(11)22-18-14/h1-10H2,(H,17,21)(H,19,20). The number of amides is 1. The quantitative estimate of drug-likeness (QED) is 0.834. The van der Waals surface area contributed by atoms with Crippen LogP contribution in [0.5, 0.6) is 0 Å². The van der Waals surface area contributed by atoms with Crippen molar-refractivity contribution in [3.8, 4) is 0 Å². The van der Waals surface area contributed by atoms with Crippen LogP contribution in [0.15, 0.2) is 4.52 Å². The molecule has 1 aromatic heterocycles. The Morgan fingerprint density at radius 2 is 1.86 bits per heavy atom. The first-order valence-electron chi connectivity index (χ1n) is 8.11. The largest absolute Gasteiger partial charge is 0.481 e. The van der Waals surface area contributed by atoms with Crippen molar-refractivity contribution in [3.63, 3.8) is 0 Å². The lowest BCUT2D eigenvalue weighted by molar-refractivity contribution is -0.138. The van der Waals surface area contributed by atoms with Crippen molar-refractivity contribution >= 4 is 11.9 Å². The highest BCUT2D eigenvalue weighted by molar-refractivity contribution is 5.94. The molecule has 1 fully saturated rings. The third-order valence-electron chi connectivity index (χ3n) is 4.84. The van der Waals surface area contributed by atoms with Crippen molar-refractivity contribution in [1.29, 1.82) is 0 Å². The summed E-state index contributed by atoms with van der Waals surface area (Å²) in [5, 5.41) is 16.0. The number of hydrogen-bond acceptors (Lipinski definition) is 4. The molecule has 22 heavy (non-hydrogen) atoms. The normalized spacial score (nSPS) is 20.2. The Hall–Kier alpha value is -1.85. The van der Waals surface area contributed by atoms with Gasteiger partial charge in [-0.05, 0) is 32.1 Å². The fourth-order valence-electron chi connectivity index (χ4n) is 3.73. The van der Waals surface area contributed by atoms with Gasteiger partial charge in [0.15, 0.2) is 5.69 Å². The molecule has 0 bridgehead atoms. The predicted molar refractivity (Wildman–Crippen MR) is 78.7 cm³/mol. The van der Waals surface area contributed by atoms with Crippen LogP contribution < -0.4 is 5.32 Å². The van der Waals surface area contributed by atoms with Crippen molar-refractivity contribution in [2.24, 2.45) is 0 Å². The molecule has 1 saturated carbocycles. The fourth-order valence-corrected chi connectivity index (χ4v) is 3.73. The highest BCUT2D eigenvalue weighted by atomic mass is 16.5. The van der Waals surface area contributed by atoms with Gasteiger partial charge in [-0.1, -0.05) is 24.4 Å². The minimum atomic E-state index is -0.874. The lowest BCUT2D eigenvalue weighted by atomic mass is 9.92. The highest BCUT2D eigenvalue weighted by Gasteiger charge is 2.38. The maximum Gasteiger partial charge on any atom is 0.305 e. The van der Waals surface area contributed by atoms with E-state index < -0.39 is 11.5 Å². The number of aryl methyl sites for hydroxylation is 1. The second-order valence-corrected chi connectivity index (χ2v) is 6.51. The first-order valence-corrected chi connectivity index (χ1v) is 8.11. The summed E-state index contributed by atoms with van der Waals surface area (Å²) >= 11 is 0. The van der Waals surface area contributed by atoms with Crippen molar-refractivity contribution in [1.82, 2.24) is 10.5 Å². The SMILES string of the molecule is O=C(O)CC1(NC(=O)c2noc3c2CCCCC3)CCCC1. The molecule has 0 spiro atoms. The molecule has 0 saturated heterocycles. The molecule has 3 rings (SSSR count). The Kier molecular flexibility index (Phi) is 4.18. The Bertz CT molecular complexity index is 573. The molecule has 1 aromatic rings. The van der Waals surface area contributed by atoms with Gasteiger partial charge in [-0.25, -0.2) is 0 Å². The topological polar surface area (TPSA) is 92.4 Å². The van der Waals surface area contributed by atoms with Gasteiger partial charge in [0.25, 0.3) is 5.91 Å². The summed E-state index contributed by atoms with van der Waals surface area (Å²) in [7, 11) is 0. The lowest BCUT2D eigenvalue weighted by Gasteiger charge is -2.28. The molecule has 120 valence electrons. The highest BCUT2D eigenvalue weighted by Crippen LogP contribution is 2.33. The van der Waals surface area contributed by atoms with Crippen LogP contribution in [0.4, 0.5) is 0 Å². The second kappa shape index (κ2) is 6.10. The number of carboxylic acids is 1. The molecule has 2 aliphatic carbocycles. The number of carbonyl (C=O) groups excluding carboxylic acids is 1. The van der Waals surface area contributed by atoms with E-state index in [-0.39, 0.29) is 12.3 Å². The van der Waals surface area contributed by atoms with E-state index in [9.17, 15) is 9.59 Å². The van der Waals surface area contributed by atoms with E-state index in [2.05, 4.69) is 10.5 Å². The fraction of sp³-hybridized carbons (Fsp3) is 0.688. The molecule has 0 atom stereocenters. The lowest BCUT2D eigenvalue weighted by Crippen LogP contribution is -2.48. The molecule has 0 aromatic carbocycles. The van der Waals surface area contributed by atoms with Crippen LogP contribution in [0.2, 0.25) is 0 Å². The third-order valence-corrected chi connectivity index (χ3v) is 4.84. The zero-order valence-electron chi connectivity index (χ0n) is 12.7. The van der Waals surface area contributed by atoms with E-state index in [4.69, 9.17) is 9.63 Å². The first-order chi connectivity index (χ1) is 10.6. The number of nitrogens with one attached hydrogen (secondary N) is 1. The van der Waals surface area contributed by atoms with Gasteiger partial charge >= 0.3 is 5.97 Å². The smallest absolute Gasteiger partial charge is 0.305 e. The Labute approximate surface area is 129 Å². The van der Waals surface area contributed by atoms with Crippen LogP contribution >= 0.6 is 0 Å². The van der Waals surface area contributed by atoms with Crippen LogP contribution in [0.25, 0.3) is 0 Å². The van der Waals surface area contributed by atoms with Crippen LogP contribution in [-0.2, 0) is 17.6 Å². The summed E-state index contributed by atoms with van der Waals surface area (Å²) in [5.41, 5.74) is 0.645. The molecule has 0 unspecified atom stereocenters. The molecule has 2 aliphatic rings. The van der Waals surface area contributed by atoms with E-state index in [1.807, 2.05) is 0 Å². The monoisotopic (exact) mass is 306 g/mol.